The van der Waals surface area contributed by atoms with E-state index in [4.69, 9.17) is 14.5 Å². The number of methoxy groups -OCH3 is 2. The molecule has 3 aromatic carbocycles. The molecule has 7 heteroatoms. The van der Waals surface area contributed by atoms with Crippen LogP contribution in [0.1, 0.15) is 22.8 Å². The molecule has 0 saturated carbocycles. The third-order valence-corrected chi connectivity index (χ3v) is 6.61. The number of aliphatic hydroxyl groups excluding tert-OH is 1. The van der Waals surface area contributed by atoms with Crippen molar-refractivity contribution >= 4 is 32.6 Å². The average Bonchev–Trinajstić information content (AvgIpc) is 3.27. The van der Waals surface area contributed by atoms with Gasteiger partial charge in [-0.1, -0.05) is 30.3 Å². The van der Waals surface area contributed by atoms with Crippen molar-refractivity contribution in [1.29, 1.82) is 0 Å². The van der Waals surface area contributed by atoms with E-state index in [0.29, 0.717) is 18.1 Å². The highest BCUT2D eigenvalue weighted by molar-refractivity contribution is 7.21. The Balaban J connectivity index is 1.65. The van der Waals surface area contributed by atoms with Gasteiger partial charge in [-0.15, -0.1) is 11.3 Å². The third kappa shape index (κ3) is 4.13. The van der Waals surface area contributed by atoms with Crippen LogP contribution in [-0.4, -0.2) is 34.3 Å². The van der Waals surface area contributed by atoms with Gasteiger partial charge in [0, 0.05) is 17.5 Å². The first-order chi connectivity index (χ1) is 16.1. The molecule has 0 aliphatic carbocycles. The molecule has 0 amide bonds. The maximum atomic E-state index is 11.1. The van der Waals surface area contributed by atoms with Crippen molar-refractivity contribution in [3.63, 3.8) is 0 Å². The topological polar surface area (TPSA) is 77.4 Å². The zero-order valence-corrected chi connectivity index (χ0v) is 19.4. The van der Waals surface area contributed by atoms with E-state index >= 15 is 0 Å². The van der Waals surface area contributed by atoms with Crippen LogP contribution in [0.25, 0.3) is 31.8 Å². The monoisotopic (exact) mass is 457 g/mol. The number of aliphatic hydroxyl groups is 1. The Bertz CT molecular complexity index is 1450. The Morgan fingerprint density at radius 3 is 2.55 bits per heavy atom. The van der Waals surface area contributed by atoms with Crippen LogP contribution in [0.5, 0.6) is 11.6 Å². The van der Waals surface area contributed by atoms with Gasteiger partial charge in [-0.3, -0.25) is 0 Å². The van der Waals surface area contributed by atoms with Gasteiger partial charge in [0.25, 0.3) is 0 Å². The summed E-state index contributed by atoms with van der Waals surface area (Å²) in [4.78, 5) is 14.1. The fraction of sp³-hybridized carbons (Fsp3) is 0.192. The van der Waals surface area contributed by atoms with E-state index in [9.17, 15) is 5.11 Å². The number of hydrogen-bond acceptors (Lipinski definition) is 7. The standard InChI is InChI=1S/C26H23N3O3S/c1-15-9-19(24-20(10-15)28-23(32-3)14-27-24)26-29-25-18(12-17(31-2)13-22(25)33-26)21(30)11-16-7-5-4-6-8-16/h4-10,12-14,21,30H,11H2,1-3H3. The van der Waals surface area contributed by atoms with E-state index in [0.717, 1.165) is 48.5 Å². The number of benzene rings is 3. The zero-order valence-electron chi connectivity index (χ0n) is 18.6. The Hall–Kier alpha value is -3.55. The summed E-state index contributed by atoms with van der Waals surface area (Å²) in [5, 5.41) is 11.9. The van der Waals surface area contributed by atoms with Gasteiger partial charge in [-0.25, -0.2) is 15.0 Å². The zero-order chi connectivity index (χ0) is 22.9. The minimum Gasteiger partial charge on any atom is -0.497 e. The number of aryl methyl sites for hydroxylation is 1. The van der Waals surface area contributed by atoms with Crippen LogP contribution in [0.4, 0.5) is 0 Å². The summed E-state index contributed by atoms with van der Waals surface area (Å²) < 4.78 is 11.7. The van der Waals surface area contributed by atoms with Crippen molar-refractivity contribution in [3.8, 4) is 22.2 Å². The minimum atomic E-state index is -0.710. The van der Waals surface area contributed by atoms with Crippen LogP contribution in [0.2, 0.25) is 0 Å². The molecule has 2 aromatic heterocycles. The van der Waals surface area contributed by atoms with Crippen LogP contribution in [0, 0.1) is 6.92 Å². The van der Waals surface area contributed by atoms with Gasteiger partial charge in [-0.05, 0) is 42.3 Å². The van der Waals surface area contributed by atoms with Crippen molar-refractivity contribution in [2.75, 3.05) is 14.2 Å². The number of nitrogens with zero attached hydrogens (tertiary/aromatic N) is 3. The smallest absolute Gasteiger partial charge is 0.232 e. The van der Waals surface area contributed by atoms with Gasteiger partial charge in [-0.2, -0.15) is 0 Å². The Morgan fingerprint density at radius 2 is 1.79 bits per heavy atom. The quantitative estimate of drug-likeness (QED) is 0.362. The summed E-state index contributed by atoms with van der Waals surface area (Å²) in [7, 11) is 3.21. The number of ether oxygens (including phenoxy) is 2. The molecule has 0 spiro atoms. The highest BCUT2D eigenvalue weighted by Crippen LogP contribution is 2.39. The van der Waals surface area contributed by atoms with E-state index in [1.165, 1.54) is 0 Å². The lowest BCUT2D eigenvalue weighted by atomic mass is 10.0. The van der Waals surface area contributed by atoms with E-state index in [-0.39, 0.29) is 0 Å². The normalized spacial score (nSPS) is 12.2. The third-order valence-electron chi connectivity index (χ3n) is 5.57. The second-order valence-corrected chi connectivity index (χ2v) is 8.91. The predicted molar refractivity (Wildman–Crippen MR) is 131 cm³/mol. The molecule has 5 aromatic rings. The predicted octanol–water partition coefficient (Wildman–Crippen LogP) is 5.51. The molecule has 1 N–H and O–H groups in total. The number of hydrogen-bond donors (Lipinski definition) is 1. The highest BCUT2D eigenvalue weighted by atomic mass is 32.1. The lowest BCUT2D eigenvalue weighted by Crippen LogP contribution is -2.03. The van der Waals surface area contributed by atoms with Crippen molar-refractivity contribution < 1.29 is 14.6 Å². The molecule has 0 fully saturated rings. The molecular formula is C26H23N3O3S. The van der Waals surface area contributed by atoms with E-state index < -0.39 is 6.10 Å². The molecule has 33 heavy (non-hydrogen) atoms. The molecule has 5 rings (SSSR count). The molecule has 1 unspecified atom stereocenters. The number of rotatable bonds is 6. The Labute approximate surface area is 195 Å². The summed E-state index contributed by atoms with van der Waals surface area (Å²) in [6, 6.07) is 17.8. The van der Waals surface area contributed by atoms with Crippen molar-refractivity contribution in [1.82, 2.24) is 15.0 Å². The van der Waals surface area contributed by atoms with Crippen LogP contribution in [0.15, 0.2) is 60.8 Å². The Kier molecular flexibility index (Phi) is 5.66. The number of fused-ring (bicyclic) bond motifs is 2. The van der Waals surface area contributed by atoms with Crippen LogP contribution < -0.4 is 9.47 Å². The van der Waals surface area contributed by atoms with Gasteiger partial charge in [0.2, 0.25) is 5.88 Å². The minimum absolute atomic E-state index is 0.472. The molecule has 0 aliphatic heterocycles. The summed E-state index contributed by atoms with van der Waals surface area (Å²) in [6.45, 7) is 2.02. The second kappa shape index (κ2) is 8.77. The molecule has 166 valence electrons. The maximum absolute atomic E-state index is 11.1. The largest absolute Gasteiger partial charge is 0.497 e. The molecule has 0 bridgehead atoms. The van der Waals surface area contributed by atoms with E-state index in [1.54, 1.807) is 31.8 Å². The molecular weight excluding hydrogens is 434 g/mol. The average molecular weight is 458 g/mol. The first kappa shape index (κ1) is 21.3. The molecule has 6 nitrogen and oxygen atoms in total. The summed E-state index contributed by atoms with van der Waals surface area (Å²) in [6.07, 6.45) is 1.40. The summed E-state index contributed by atoms with van der Waals surface area (Å²) >= 11 is 1.55. The number of thiazole rings is 1. The van der Waals surface area contributed by atoms with Crippen LogP contribution in [0.3, 0.4) is 0 Å². The molecule has 0 aliphatic rings. The lowest BCUT2D eigenvalue weighted by molar-refractivity contribution is 0.179. The number of aromatic nitrogens is 3. The Morgan fingerprint density at radius 1 is 0.970 bits per heavy atom. The van der Waals surface area contributed by atoms with Crippen molar-refractivity contribution in [3.05, 3.63) is 77.5 Å². The summed E-state index contributed by atoms with van der Waals surface area (Å²) in [5.41, 5.74) is 6.07. The fourth-order valence-electron chi connectivity index (χ4n) is 3.97. The highest BCUT2D eigenvalue weighted by Gasteiger charge is 2.20. The first-order valence-corrected chi connectivity index (χ1v) is 11.4. The summed E-state index contributed by atoms with van der Waals surface area (Å²) in [5.74, 6) is 1.16. The van der Waals surface area contributed by atoms with Crippen LogP contribution in [-0.2, 0) is 6.42 Å². The van der Waals surface area contributed by atoms with Gasteiger partial charge in [0.1, 0.15) is 10.8 Å². The maximum Gasteiger partial charge on any atom is 0.232 e. The van der Waals surface area contributed by atoms with Gasteiger partial charge in [0.05, 0.1) is 47.8 Å². The van der Waals surface area contributed by atoms with E-state index in [1.807, 2.05) is 55.5 Å². The van der Waals surface area contributed by atoms with Crippen LogP contribution >= 0.6 is 11.3 Å². The molecule has 1 atom stereocenters. The van der Waals surface area contributed by atoms with Gasteiger partial charge >= 0.3 is 0 Å². The SMILES string of the molecule is COc1cc(C(O)Cc2ccccc2)c2nc(-c3cc(C)cc4nc(OC)cnc34)sc2c1. The van der Waals surface area contributed by atoms with Gasteiger partial charge < -0.3 is 14.6 Å². The molecule has 0 radical (unpaired) electrons. The first-order valence-electron chi connectivity index (χ1n) is 10.6. The fourth-order valence-corrected chi connectivity index (χ4v) is 5.02. The van der Waals surface area contributed by atoms with Gasteiger partial charge in [0.15, 0.2) is 0 Å². The van der Waals surface area contributed by atoms with Crippen molar-refractivity contribution in [2.24, 2.45) is 0 Å². The lowest BCUT2D eigenvalue weighted by Gasteiger charge is -2.13. The molecule has 0 saturated heterocycles. The van der Waals surface area contributed by atoms with Crippen molar-refractivity contribution in [2.45, 2.75) is 19.4 Å². The second-order valence-electron chi connectivity index (χ2n) is 7.88. The van der Waals surface area contributed by atoms with E-state index in [2.05, 4.69) is 16.0 Å². The molecule has 2 heterocycles.